The Morgan fingerprint density at radius 3 is 2.85 bits per heavy atom. The number of hydrogen-bond donors (Lipinski definition) is 3. The minimum absolute atomic E-state index is 0.173. The van der Waals surface area contributed by atoms with Gasteiger partial charge in [0.05, 0.1) is 36.2 Å². The summed E-state index contributed by atoms with van der Waals surface area (Å²) in [5, 5.41) is 11.5. The Bertz CT molecular complexity index is 1550. The van der Waals surface area contributed by atoms with E-state index in [0.717, 1.165) is 47.2 Å². The second-order valence-electron chi connectivity index (χ2n) is 10.7. The summed E-state index contributed by atoms with van der Waals surface area (Å²) in [4.78, 5) is 30.3. The molecule has 2 saturated heterocycles. The molecule has 1 amide bonds. The minimum atomic E-state index is -0.996. The lowest BCUT2D eigenvalue weighted by atomic mass is 10.1. The number of benzene rings is 1. The molecule has 4 aromatic rings. The standard InChI is InChI=1S/C28H34FN9O2/c1-16-11-31-28(33-22-15-37(3)35-27(22)40-4)34-24(16)20-12-30-25-19(20)6-5-7-21(25)32-26(39)23-10-17(29)13-38(23)18-8-9-36(2)14-18/h5-7,11-12,15,17-18,23,30H,8-10,13-14H2,1-4H3,(H,32,39)(H,31,33,34)/t17-,18-,23+/m0/s1. The summed E-state index contributed by atoms with van der Waals surface area (Å²) >= 11 is 0. The van der Waals surface area contributed by atoms with Crippen molar-refractivity contribution in [1.82, 2.24) is 34.5 Å². The highest BCUT2D eigenvalue weighted by molar-refractivity contribution is 6.06. The fourth-order valence-electron chi connectivity index (χ4n) is 5.92. The van der Waals surface area contributed by atoms with E-state index in [9.17, 15) is 9.18 Å². The molecule has 1 aromatic carbocycles. The third kappa shape index (κ3) is 4.88. The molecule has 0 unspecified atom stereocenters. The van der Waals surface area contributed by atoms with Gasteiger partial charge in [-0.15, -0.1) is 5.10 Å². The lowest BCUT2D eigenvalue weighted by Crippen LogP contribution is -2.46. The van der Waals surface area contributed by atoms with Gasteiger partial charge in [0.15, 0.2) is 0 Å². The number of nitrogens with zero attached hydrogens (tertiary/aromatic N) is 6. The monoisotopic (exact) mass is 547 g/mol. The van der Waals surface area contributed by atoms with Crippen LogP contribution >= 0.6 is 0 Å². The van der Waals surface area contributed by atoms with Gasteiger partial charge in [0.25, 0.3) is 5.88 Å². The predicted molar refractivity (Wildman–Crippen MR) is 152 cm³/mol. The molecular formula is C28H34FN9O2. The Morgan fingerprint density at radius 1 is 1.23 bits per heavy atom. The summed E-state index contributed by atoms with van der Waals surface area (Å²) in [5.74, 6) is 0.680. The molecule has 0 bridgehead atoms. The number of H-pyrrole nitrogens is 1. The highest BCUT2D eigenvalue weighted by atomic mass is 19.1. The van der Waals surface area contributed by atoms with Crippen molar-refractivity contribution < 1.29 is 13.9 Å². The van der Waals surface area contributed by atoms with E-state index in [-0.39, 0.29) is 18.4 Å². The number of fused-ring (bicyclic) bond motifs is 1. The molecule has 0 spiro atoms. The van der Waals surface area contributed by atoms with Gasteiger partial charge in [0.2, 0.25) is 11.9 Å². The average molecular weight is 548 g/mol. The van der Waals surface area contributed by atoms with Gasteiger partial charge < -0.3 is 25.3 Å². The molecule has 0 radical (unpaired) electrons. The Labute approximate surface area is 231 Å². The first-order valence-electron chi connectivity index (χ1n) is 13.5. The van der Waals surface area contributed by atoms with Gasteiger partial charge in [-0.25, -0.2) is 14.4 Å². The quantitative estimate of drug-likeness (QED) is 0.322. The lowest BCUT2D eigenvalue weighted by molar-refractivity contribution is -0.121. The van der Waals surface area contributed by atoms with Crippen LogP contribution in [0.25, 0.3) is 22.2 Å². The van der Waals surface area contributed by atoms with Gasteiger partial charge in [0.1, 0.15) is 11.9 Å². The molecule has 40 heavy (non-hydrogen) atoms. The molecule has 11 nitrogen and oxygen atoms in total. The van der Waals surface area contributed by atoms with E-state index in [1.807, 2.05) is 38.4 Å². The van der Waals surface area contributed by atoms with E-state index in [4.69, 9.17) is 9.72 Å². The molecule has 6 rings (SSSR count). The smallest absolute Gasteiger partial charge is 0.256 e. The summed E-state index contributed by atoms with van der Waals surface area (Å²) in [6.07, 6.45) is 5.62. The number of nitrogens with one attached hydrogen (secondary N) is 3. The third-order valence-electron chi connectivity index (χ3n) is 7.86. The minimum Gasteiger partial charge on any atom is -0.478 e. The second kappa shape index (κ2) is 10.5. The van der Waals surface area contributed by atoms with E-state index in [1.54, 1.807) is 24.2 Å². The summed E-state index contributed by atoms with van der Waals surface area (Å²) in [6.45, 7) is 4.08. The molecule has 2 aliphatic rings. The number of alkyl halides is 1. The number of aromatic amines is 1. The van der Waals surface area contributed by atoms with Gasteiger partial charge in [0, 0.05) is 55.9 Å². The number of para-hydroxylation sites is 1. The number of halogens is 1. The number of aryl methyl sites for hydroxylation is 2. The second-order valence-corrected chi connectivity index (χ2v) is 10.7. The summed E-state index contributed by atoms with van der Waals surface area (Å²) in [7, 11) is 5.44. The zero-order valence-electron chi connectivity index (χ0n) is 23.1. The van der Waals surface area contributed by atoms with Crippen LogP contribution in [0, 0.1) is 6.92 Å². The molecule has 3 aromatic heterocycles. The highest BCUT2D eigenvalue weighted by Gasteiger charge is 2.42. The van der Waals surface area contributed by atoms with E-state index in [0.29, 0.717) is 29.7 Å². The number of aromatic nitrogens is 5. The van der Waals surface area contributed by atoms with E-state index in [1.165, 1.54) is 0 Å². The molecule has 210 valence electrons. The summed E-state index contributed by atoms with van der Waals surface area (Å²) < 4.78 is 21.5. The SMILES string of the molecule is COc1nn(C)cc1Nc1ncc(C)c(-c2c[nH]c3c(NC(=O)[C@H]4C[C@H](F)CN4[C@H]4CCN(C)C4)cccc23)n1. The van der Waals surface area contributed by atoms with Gasteiger partial charge in [-0.2, -0.15) is 0 Å². The van der Waals surface area contributed by atoms with Crippen molar-refractivity contribution in [3.8, 4) is 17.1 Å². The normalized spacial score (nSPS) is 21.8. The first-order valence-corrected chi connectivity index (χ1v) is 13.5. The van der Waals surface area contributed by atoms with E-state index >= 15 is 0 Å². The number of likely N-dealkylation sites (N-methyl/N-ethyl adjacent to an activating group) is 1. The molecule has 0 aliphatic carbocycles. The Hall–Kier alpha value is -4.03. The topological polar surface area (TPSA) is 116 Å². The third-order valence-corrected chi connectivity index (χ3v) is 7.86. The number of ether oxygens (including phenoxy) is 1. The van der Waals surface area contributed by atoms with Crippen LogP contribution in [0.3, 0.4) is 0 Å². The number of carbonyl (C=O) groups excluding carboxylic acids is 1. The first kappa shape index (κ1) is 26.2. The molecule has 2 fully saturated rings. The van der Waals surface area contributed by atoms with E-state index < -0.39 is 12.2 Å². The van der Waals surface area contributed by atoms with E-state index in [2.05, 4.69) is 42.5 Å². The van der Waals surface area contributed by atoms with Crippen molar-refractivity contribution in [1.29, 1.82) is 0 Å². The maximum Gasteiger partial charge on any atom is 0.256 e. The maximum atomic E-state index is 14.5. The Kier molecular flexibility index (Phi) is 6.88. The predicted octanol–water partition coefficient (Wildman–Crippen LogP) is 3.47. The molecular weight excluding hydrogens is 513 g/mol. The summed E-state index contributed by atoms with van der Waals surface area (Å²) in [6, 6.07) is 5.47. The number of likely N-dealkylation sites (tertiary alicyclic amines) is 2. The van der Waals surface area contributed by atoms with Crippen LogP contribution in [-0.4, -0.2) is 92.5 Å². The fourth-order valence-corrected chi connectivity index (χ4v) is 5.92. The molecule has 12 heteroatoms. The number of rotatable bonds is 7. The van der Waals surface area contributed by atoms with Gasteiger partial charge in [-0.3, -0.25) is 14.4 Å². The van der Waals surface area contributed by atoms with Crippen LogP contribution in [0.4, 0.5) is 21.7 Å². The van der Waals surface area contributed by atoms with Crippen molar-refractivity contribution in [2.24, 2.45) is 7.05 Å². The zero-order chi connectivity index (χ0) is 28.0. The number of methoxy groups -OCH3 is 1. The van der Waals surface area contributed by atoms with Crippen LogP contribution in [0.15, 0.2) is 36.8 Å². The molecule has 5 heterocycles. The average Bonchev–Trinajstić information content (AvgIpc) is 3.71. The molecule has 0 saturated carbocycles. The van der Waals surface area contributed by atoms with Gasteiger partial charge in [-0.05, 0) is 38.6 Å². The van der Waals surface area contributed by atoms with Crippen molar-refractivity contribution in [2.75, 3.05) is 44.4 Å². The van der Waals surface area contributed by atoms with Crippen LogP contribution in [0.1, 0.15) is 18.4 Å². The molecule has 2 aliphatic heterocycles. The number of anilines is 3. The number of carbonyl (C=O) groups is 1. The van der Waals surface area contributed by atoms with Gasteiger partial charge >= 0.3 is 0 Å². The highest BCUT2D eigenvalue weighted by Crippen LogP contribution is 2.35. The van der Waals surface area contributed by atoms with Crippen molar-refractivity contribution in [2.45, 2.75) is 38.0 Å². The first-order chi connectivity index (χ1) is 19.3. The lowest BCUT2D eigenvalue weighted by Gasteiger charge is -2.29. The maximum absolute atomic E-state index is 14.5. The summed E-state index contributed by atoms with van der Waals surface area (Å²) in [5.41, 5.74) is 4.63. The Balaban J connectivity index is 1.26. The van der Waals surface area contributed by atoms with Gasteiger partial charge in [-0.1, -0.05) is 12.1 Å². The van der Waals surface area contributed by atoms with Crippen LogP contribution < -0.4 is 15.4 Å². The van der Waals surface area contributed by atoms with Crippen LogP contribution in [0.5, 0.6) is 5.88 Å². The molecule has 3 N–H and O–H groups in total. The van der Waals surface area contributed by atoms with Crippen LogP contribution in [-0.2, 0) is 11.8 Å². The fraction of sp³-hybridized carbons (Fsp3) is 0.429. The van der Waals surface area contributed by atoms with Crippen molar-refractivity contribution in [3.05, 3.63) is 42.4 Å². The van der Waals surface area contributed by atoms with Crippen LogP contribution in [0.2, 0.25) is 0 Å². The van der Waals surface area contributed by atoms with Crippen molar-refractivity contribution in [3.63, 3.8) is 0 Å². The molecule has 3 atom stereocenters. The number of hydrogen-bond acceptors (Lipinski definition) is 8. The Morgan fingerprint density at radius 2 is 2.08 bits per heavy atom. The largest absolute Gasteiger partial charge is 0.478 e. The van der Waals surface area contributed by atoms with Crippen molar-refractivity contribution >= 4 is 34.1 Å². The number of amides is 1. The zero-order valence-corrected chi connectivity index (χ0v) is 23.1.